The van der Waals surface area contributed by atoms with Crippen molar-refractivity contribution in [2.75, 3.05) is 0 Å². The molecule has 0 aliphatic rings. The standard InChI is InChI=1S/C19H18F3N5O2/c1-12-6-4-8-15(17(12)27-18(28)26(3)24-25-27)11-29-23-13(2)14-7-5-9-16(10-14)19(20,21)22/h4-10H,11H2,1-3H3/b23-13+. The van der Waals surface area contributed by atoms with Crippen molar-refractivity contribution in [1.29, 1.82) is 0 Å². The second-order valence-corrected chi connectivity index (χ2v) is 6.41. The summed E-state index contributed by atoms with van der Waals surface area (Å²) in [6.45, 7) is 3.37. The number of para-hydroxylation sites is 1. The van der Waals surface area contributed by atoms with Gasteiger partial charge < -0.3 is 4.84 Å². The summed E-state index contributed by atoms with van der Waals surface area (Å²) in [6, 6.07) is 10.2. The summed E-state index contributed by atoms with van der Waals surface area (Å²) in [5, 5.41) is 11.5. The van der Waals surface area contributed by atoms with E-state index in [2.05, 4.69) is 15.6 Å². The van der Waals surface area contributed by atoms with Gasteiger partial charge in [0.2, 0.25) is 0 Å². The number of tetrazole rings is 1. The fourth-order valence-electron chi connectivity index (χ4n) is 2.77. The average molecular weight is 405 g/mol. The van der Waals surface area contributed by atoms with Gasteiger partial charge in [-0.25, -0.2) is 4.79 Å². The van der Waals surface area contributed by atoms with Crippen molar-refractivity contribution in [2.24, 2.45) is 12.2 Å². The van der Waals surface area contributed by atoms with Crippen LogP contribution in [0.25, 0.3) is 5.69 Å². The number of benzene rings is 2. The van der Waals surface area contributed by atoms with E-state index in [4.69, 9.17) is 4.84 Å². The molecule has 0 N–H and O–H groups in total. The fourth-order valence-corrected chi connectivity index (χ4v) is 2.77. The number of oxime groups is 1. The van der Waals surface area contributed by atoms with Gasteiger partial charge >= 0.3 is 11.9 Å². The molecular formula is C19H18F3N5O2. The van der Waals surface area contributed by atoms with Gasteiger partial charge in [-0.3, -0.25) is 0 Å². The topological polar surface area (TPSA) is 74.3 Å². The molecule has 0 unspecified atom stereocenters. The maximum atomic E-state index is 12.9. The van der Waals surface area contributed by atoms with Gasteiger partial charge in [-0.15, -0.1) is 0 Å². The van der Waals surface area contributed by atoms with Crippen LogP contribution in [0.3, 0.4) is 0 Å². The summed E-state index contributed by atoms with van der Waals surface area (Å²) in [5.41, 5.74) is 1.37. The molecule has 0 atom stereocenters. The van der Waals surface area contributed by atoms with Crippen molar-refractivity contribution in [1.82, 2.24) is 19.8 Å². The molecule has 3 rings (SSSR count). The third-order valence-electron chi connectivity index (χ3n) is 4.28. The molecule has 0 radical (unpaired) electrons. The third-order valence-corrected chi connectivity index (χ3v) is 4.28. The van der Waals surface area contributed by atoms with E-state index in [1.165, 1.54) is 19.2 Å². The Morgan fingerprint density at radius 2 is 1.90 bits per heavy atom. The second kappa shape index (κ2) is 7.90. The maximum absolute atomic E-state index is 12.9. The second-order valence-electron chi connectivity index (χ2n) is 6.41. The predicted octanol–water partition coefficient (Wildman–Crippen LogP) is 3.23. The van der Waals surface area contributed by atoms with Gasteiger partial charge in [0.25, 0.3) is 0 Å². The number of rotatable bonds is 5. The van der Waals surface area contributed by atoms with Crippen molar-refractivity contribution in [3.63, 3.8) is 0 Å². The SMILES string of the molecule is C/C(=N\OCc1cccc(C)c1-n1nnn(C)c1=O)c1cccc(C(F)(F)F)c1. The van der Waals surface area contributed by atoms with Crippen molar-refractivity contribution in [3.05, 3.63) is 75.2 Å². The van der Waals surface area contributed by atoms with Crippen molar-refractivity contribution >= 4 is 5.71 Å². The molecule has 0 saturated carbocycles. The van der Waals surface area contributed by atoms with Crippen LogP contribution in [0, 0.1) is 6.92 Å². The average Bonchev–Trinajstić information content (AvgIpc) is 3.00. The molecule has 0 bridgehead atoms. The van der Waals surface area contributed by atoms with Crippen LogP contribution >= 0.6 is 0 Å². The van der Waals surface area contributed by atoms with Gasteiger partial charge in [-0.05, 0) is 47.5 Å². The highest BCUT2D eigenvalue weighted by Gasteiger charge is 2.30. The number of aromatic nitrogens is 4. The van der Waals surface area contributed by atoms with Gasteiger partial charge in [-0.1, -0.05) is 35.5 Å². The molecule has 3 aromatic rings. The summed E-state index contributed by atoms with van der Waals surface area (Å²) in [7, 11) is 1.49. The zero-order valence-electron chi connectivity index (χ0n) is 15.9. The van der Waals surface area contributed by atoms with Crippen LogP contribution in [-0.4, -0.2) is 25.5 Å². The van der Waals surface area contributed by atoms with Gasteiger partial charge in [0, 0.05) is 12.6 Å². The maximum Gasteiger partial charge on any atom is 0.416 e. The lowest BCUT2D eigenvalue weighted by atomic mass is 10.1. The Labute approximate surface area is 164 Å². The van der Waals surface area contributed by atoms with Gasteiger partial charge in [0.15, 0.2) is 0 Å². The first-order chi connectivity index (χ1) is 13.7. The molecule has 29 heavy (non-hydrogen) atoms. The zero-order valence-corrected chi connectivity index (χ0v) is 15.9. The Morgan fingerprint density at radius 1 is 1.17 bits per heavy atom. The minimum atomic E-state index is -4.43. The van der Waals surface area contributed by atoms with Crippen molar-refractivity contribution < 1.29 is 18.0 Å². The van der Waals surface area contributed by atoms with Gasteiger partial charge in [0.05, 0.1) is 17.0 Å². The molecule has 2 aromatic carbocycles. The van der Waals surface area contributed by atoms with Crippen LogP contribution in [-0.2, 0) is 24.7 Å². The fraction of sp³-hybridized carbons (Fsp3) is 0.263. The molecular weight excluding hydrogens is 387 g/mol. The molecule has 0 spiro atoms. The molecule has 10 heteroatoms. The highest BCUT2D eigenvalue weighted by atomic mass is 19.4. The Bertz CT molecular complexity index is 1120. The van der Waals surface area contributed by atoms with Crippen LogP contribution in [0.2, 0.25) is 0 Å². The first kappa shape index (κ1) is 20.3. The molecule has 0 amide bonds. The highest BCUT2D eigenvalue weighted by Crippen LogP contribution is 2.29. The van der Waals surface area contributed by atoms with E-state index in [-0.39, 0.29) is 6.61 Å². The van der Waals surface area contributed by atoms with Crippen LogP contribution in [0.5, 0.6) is 0 Å². The van der Waals surface area contributed by atoms with E-state index in [0.29, 0.717) is 22.5 Å². The number of hydrogen-bond donors (Lipinski definition) is 0. The minimum Gasteiger partial charge on any atom is -0.391 e. The van der Waals surface area contributed by atoms with Crippen LogP contribution < -0.4 is 5.69 Å². The highest BCUT2D eigenvalue weighted by molar-refractivity contribution is 5.98. The molecule has 0 aliphatic heterocycles. The van der Waals surface area contributed by atoms with Crippen LogP contribution in [0.15, 0.2) is 52.4 Å². The monoisotopic (exact) mass is 405 g/mol. The van der Waals surface area contributed by atoms with Crippen LogP contribution in [0.1, 0.15) is 29.2 Å². The van der Waals surface area contributed by atoms with Gasteiger partial charge in [-0.2, -0.15) is 22.5 Å². The molecule has 1 heterocycles. The third kappa shape index (κ3) is 4.36. The minimum absolute atomic E-state index is 0.00364. The normalized spacial score (nSPS) is 12.3. The molecule has 0 fully saturated rings. The Morgan fingerprint density at radius 3 is 2.55 bits per heavy atom. The Kier molecular flexibility index (Phi) is 5.53. The summed E-state index contributed by atoms with van der Waals surface area (Å²) in [4.78, 5) is 17.6. The van der Waals surface area contributed by atoms with E-state index >= 15 is 0 Å². The number of alkyl halides is 3. The molecule has 0 saturated heterocycles. The van der Waals surface area contributed by atoms with E-state index in [9.17, 15) is 18.0 Å². The first-order valence-corrected chi connectivity index (χ1v) is 8.60. The van der Waals surface area contributed by atoms with Gasteiger partial charge in [0.1, 0.15) is 6.61 Å². The number of hydrogen-bond acceptors (Lipinski definition) is 5. The molecule has 1 aromatic heterocycles. The summed E-state index contributed by atoms with van der Waals surface area (Å²) >= 11 is 0. The summed E-state index contributed by atoms with van der Waals surface area (Å²) < 4.78 is 40.9. The first-order valence-electron chi connectivity index (χ1n) is 8.60. The molecule has 7 nitrogen and oxygen atoms in total. The number of aryl methyl sites for hydroxylation is 2. The van der Waals surface area contributed by atoms with E-state index in [1.807, 2.05) is 13.0 Å². The quantitative estimate of drug-likeness (QED) is 0.483. The summed E-state index contributed by atoms with van der Waals surface area (Å²) in [6.07, 6.45) is -4.43. The van der Waals surface area contributed by atoms with E-state index in [0.717, 1.165) is 27.1 Å². The van der Waals surface area contributed by atoms with E-state index in [1.54, 1.807) is 19.1 Å². The lowest BCUT2D eigenvalue weighted by Crippen LogP contribution is -2.23. The zero-order chi connectivity index (χ0) is 21.2. The largest absolute Gasteiger partial charge is 0.416 e. The van der Waals surface area contributed by atoms with E-state index < -0.39 is 17.4 Å². The Balaban J connectivity index is 1.83. The molecule has 0 aliphatic carbocycles. The smallest absolute Gasteiger partial charge is 0.391 e. The van der Waals surface area contributed by atoms with Crippen molar-refractivity contribution in [2.45, 2.75) is 26.6 Å². The number of nitrogens with zero attached hydrogens (tertiary/aromatic N) is 5. The predicted molar refractivity (Wildman–Crippen MR) is 99.8 cm³/mol. The lowest BCUT2D eigenvalue weighted by molar-refractivity contribution is -0.137. The van der Waals surface area contributed by atoms with Crippen molar-refractivity contribution in [3.8, 4) is 5.69 Å². The lowest BCUT2D eigenvalue weighted by Gasteiger charge is -2.11. The Hall–Kier alpha value is -3.43. The summed E-state index contributed by atoms with van der Waals surface area (Å²) in [5.74, 6) is 0. The van der Waals surface area contributed by atoms with Crippen LogP contribution in [0.4, 0.5) is 13.2 Å². The number of halogens is 3. The molecule has 152 valence electrons.